The summed E-state index contributed by atoms with van der Waals surface area (Å²) in [6.45, 7) is 4.54. The normalized spacial score (nSPS) is 33.2. The van der Waals surface area contributed by atoms with Gasteiger partial charge in [-0.15, -0.1) is 0 Å². The van der Waals surface area contributed by atoms with E-state index in [9.17, 15) is 5.11 Å². The van der Waals surface area contributed by atoms with E-state index in [0.29, 0.717) is 0 Å². The van der Waals surface area contributed by atoms with Crippen molar-refractivity contribution in [3.8, 4) is 0 Å². The van der Waals surface area contributed by atoms with Gasteiger partial charge in [-0.25, -0.2) is 0 Å². The Labute approximate surface area is 88.9 Å². The maximum atomic E-state index is 10.3. The summed E-state index contributed by atoms with van der Waals surface area (Å²) in [4.78, 5) is 0. The molecule has 0 unspecified atom stereocenters. The van der Waals surface area contributed by atoms with Crippen molar-refractivity contribution in [2.75, 3.05) is 0 Å². The summed E-state index contributed by atoms with van der Waals surface area (Å²) < 4.78 is 0. The van der Waals surface area contributed by atoms with Gasteiger partial charge in [-0.1, -0.05) is 39.5 Å². The third kappa shape index (κ3) is 4.00. The minimum atomic E-state index is -0.291. The van der Waals surface area contributed by atoms with Gasteiger partial charge in [0.15, 0.2) is 0 Å². The van der Waals surface area contributed by atoms with E-state index in [4.69, 9.17) is 0 Å². The lowest BCUT2D eigenvalue weighted by Crippen LogP contribution is -2.33. The van der Waals surface area contributed by atoms with Gasteiger partial charge in [0, 0.05) is 0 Å². The number of hydrogen-bond acceptors (Lipinski definition) is 1. The van der Waals surface area contributed by atoms with Crippen molar-refractivity contribution >= 4 is 0 Å². The van der Waals surface area contributed by atoms with Gasteiger partial charge in [-0.3, -0.25) is 0 Å². The molecule has 1 heteroatoms. The molecule has 0 aromatic heterocycles. The van der Waals surface area contributed by atoms with E-state index in [-0.39, 0.29) is 5.60 Å². The summed E-state index contributed by atoms with van der Waals surface area (Å²) in [7, 11) is 0. The lowest BCUT2D eigenvalue weighted by molar-refractivity contribution is -0.0164. The zero-order chi connectivity index (χ0) is 10.4. The highest BCUT2D eigenvalue weighted by Gasteiger charge is 2.30. The van der Waals surface area contributed by atoms with Gasteiger partial charge in [0.25, 0.3) is 0 Å². The first-order valence-corrected chi connectivity index (χ1v) is 6.39. The highest BCUT2D eigenvalue weighted by atomic mass is 16.3. The predicted molar refractivity (Wildman–Crippen MR) is 61.3 cm³/mol. The van der Waals surface area contributed by atoms with Crippen LogP contribution in [0.15, 0.2) is 0 Å². The molecular weight excluding hydrogens is 172 g/mol. The van der Waals surface area contributed by atoms with Gasteiger partial charge in [0.05, 0.1) is 5.60 Å². The third-order valence-electron chi connectivity index (χ3n) is 3.70. The van der Waals surface area contributed by atoms with Gasteiger partial charge in [0.2, 0.25) is 0 Å². The Morgan fingerprint density at radius 3 is 2.36 bits per heavy atom. The third-order valence-corrected chi connectivity index (χ3v) is 3.70. The molecule has 1 rings (SSSR count). The van der Waals surface area contributed by atoms with E-state index < -0.39 is 0 Å². The van der Waals surface area contributed by atoms with Crippen LogP contribution in [0, 0.1) is 5.92 Å². The van der Waals surface area contributed by atoms with Crippen LogP contribution < -0.4 is 0 Å². The van der Waals surface area contributed by atoms with Crippen molar-refractivity contribution in [2.24, 2.45) is 5.92 Å². The maximum absolute atomic E-state index is 10.3. The SMILES string of the molecule is CCCCCCC1(O)CCC(C)CC1. The minimum absolute atomic E-state index is 0.291. The molecule has 84 valence electrons. The lowest BCUT2D eigenvalue weighted by atomic mass is 9.77. The van der Waals surface area contributed by atoms with Crippen LogP contribution in [-0.2, 0) is 0 Å². The van der Waals surface area contributed by atoms with E-state index in [2.05, 4.69) is 13.8 Å². The molecule has 0 aromatic carbocycles. The van der Waals surface area contributed by atoms with Crippen molar-refractivity contribution in [2.45, 2.75) is 77.2 Å². The summed E-state index contributed by atoms with van der Waals surface area (Å²) in [6.07, 6.45) is 10.7. The lowest BCUT2D eigenvalue weighted by Gasteiger charge is -2.35. The van der Waals surface area contributed by atoms with Crippen LogP contribution in [0.2, 0.25) is 0 Å². The second-order valence-corrected chi connectivity index (χ2v) is 5.22. The van der Waals surface area contributed by atoms with Crippen LogP contribution in [0.1, 0.15) is 71.6 Å². The molecule has 1 aliphatic rings. The first-order chi connectivity index (χ1) is 6.66. The molecule has 1 nitrogen and oxygen atoms in total. The average Bonchev–Trinajstić information content (AvgIpc) is 2.18. The van der Waals surface area contributed by atoms with Crippen LogP contribution >= 0.6 is 0 Å². The molecule has 0 radical (unpaired) electrons. The molecule has 0 spiro atoms. The van der Waals surface area contributed by atoms with Gasteiger partial charge < -0.3 is 5.11 Å². The quantitative estimate of drug-likeness (QED) is 0.664. The molecule has 0 bridgehead atoms. The van der Waals surface area contributed by atoms with Crippen LogP contribution in [0.25, 0.3) is 0 Å². The number of hydrogen-bond donors (Lipinski definition) is 1. The van der Waals surface area contributed by atoms with E-state index >= 15 is 0 Å². The molecule has 0 atom stereocenters. The Hall–Kier alpha value is -0.0400. The maximum Gasteiger partial charge on any atom is 0.0648 e. The first-order valence-electron chi connectivity index (χ1n) is 6.39. The fraction of sp³-hybridized carbons (Fsp3) is 1.00. The largest absolute Gasteiger partial charge is 0.390 e. The van der Waals surface area contributed by atoms with E-state index in [1.165, 1.54) is 38.5 Å². The topological polar surface area (TPSA) is 20.2 Å². The van der Waals surface area contributed by atoms with Crippen molar-refractivity contribution in [1.82, 2.24) is 0 Å². The second-order valence-electron chi connectivity index (χ2n) is 5.22. The summed E-state index contributed by atoms with van der Waals surface area (Å²) in [5.74, 6) is 0.839. The molecule has 1 aliphatic carbocycles. The molecule has 1 fully saturated rings. The standard InChI is InChI=1S/C13H26O/c1-3-4-5-6-9-13(14)10-7-12(2)8-11-13/h12,14H,3-11H2,1-2H3. The molecular formula is C13H26O. The van der Waals surface area contributed by atoms with E-state index in [0.717, 1.165) is 25.2 Å². The molecule has 14 heavy (non-hydrogen) atoms. The Kier molecular flexibility index (Phi) is 4.94. The van der Waals surface area contributed by atoms with E-state index in [1.807, 2.05) is 0 Å². The molecule has 0 aliphatic heterocycles. The zero-order valence-corrected chi connectivity index (χ0v) is 9.89. The summed E-state index contributed by atoms with van der Waals surface area (Å²) in [6, 6.07) is 0. The zero-order valence-electron chi connectivity index (χ0n) is 9.89. The minimum Gasteiger partial charge on any atom is -0.390 e. The fourth-order valence-corrected chi connectivity index (χ4v) is 2.43. The predicted octanol–water partition coefficient (Wildman–Crippen LogP) is 3.90. The van der Waals surface area contributed by atoms with Crippen LogP contribution in [-0.4, -0.2) is 10.7 Å². The summed E-state index contributed by atoms with van der Waals surface area (Å²) in [5, 5.41) is 10.3. The summed E-state index contributed by atoms with van der Waals surface area (Å²) in [5.41, 5.74) is -0.291. The van der Waals surface area contributed by atoms with Gasteiger partial charge in [-0.2, -0.15) is 0 Å². The monoisotopic (exact) mass is 198 g/mol. The Morgan fingerprint density at radius 1 is 1.14 bits per heavy atom. The molecule has 0 saturated heterocycles. The van der Waals surface area contributed by atoms with E-state index in [1.54, 1.807) is 0 Å². The molecule has 0 amide bonds. The van der Waals surface area contributed by atoms with Crippen molar-refractivity contribution in [3.05, 3.63) is 0 Å². The van der Waals surface area contributed by atoms with Gasteiger partial charge in [-0.05, 0) is 38.0 Å². The highest BCUT2D eigenvalue weighted by Crippen LogP contribution is 2.35. The number of aliphatic hydroxyl groups is 1. The van der Waals surface area contributed by atoms with Gasteiger partial charge in [0.1, 0.15) is 0 Å². The smallest absolute Gasteiger partial charge is 0.0648 e. The number of rotatable bonds is 5. The van der Waals surface area contributed by atoms with Crippen molar-refractivity contribution < 1.29 is 5.11 Å². The molecule has 0 aromatic rings. The Morgan fingerprint density at radius 2 is 1.79 bits per heavy atom. The number of unbranched alkanes of at least 4 members (excludes halogenated alkanes) is 3. The van der Waals surface area contributed by atoms with Crippen molar-refractivity contribution in [3.63, 3.8) is 0 Å². The van der Waals surface area contributed by atoms with Gasteiger partial charge >= 0.3 is 0 Å². The average molecular weight is 198 g/mol. The van der Waals surface area contributed by atoms with Crippen LogP contribution in [0.5, 0.6) is 0 Å². The van der Waals surface area contributed by atoms with Crippen molar-refractivity contribution in [1.29, 1.82) is 0 Å². The second kappa shape index (κ2) is 5.75. The Bertz CT molecular complexity index is 145. The fourth-order valence-electron chi connectivity index (χ4n) is 2.43. The molecule has 0 heterocycles. The van der Waals surface area contributed by atoms with Crippen LogP contribution in [0.3, 0.4) is 0 Å². The Balaban J connectivity index is 2.15. The summed E-state index contributed by atoms with van der Waals surface area (Å²) >= 11 is 0. The van der Waals surface area contributed by atoms with Crippen LogP contribution in [0.4, 0.5) is 0 Å². The molecule has 1 N–H and O–H groups in total. The molecule has 1 saturated carbocycles. The highest BCUT2D eigenvalue weighted by molar-refractivity contribution is 4.84. The first kappa shape index (κ1) is 12.0.